The highest BCUT2D eigenvalue weighted by atomic mass is 16.5. The number of carbonyl (C=O) groups is 2. The van der Waals surface area contributed by atoms with Crippen molar-refractivity contribution in [2.45, 2.75) is 44.8 Å². The second-order valence-corrected chi connectivity index (χ2v) is 6.19. The van der Waals surface area contributed by atoms with Crippen molar-refractivity contribution in [3.63, 3.8) is 0 Å². The number of piperidine rings is 1. The molecule has 3 aliphatic rings. The van der Waals surface area contributed by atoms with Crippen LogP contribution in [-0.2, 0) is 14.3 Å². The molecule has 0 aromatic heterocycles. The van der Waals surface area contributed by atoms with Crippen LogP contribution >= 0.6 is 0 Å². The molecule has 2 bridgehead atoms. The fourth-order valence-corrected chi connectivity index (χ4v) is 3.75. The first kappa shape index (κ1) is 12.9. The standard InChI is InChI=1S/C14H21NO4/c1-8-4-6-15(7-5-8)13(16)11-9-2-3-10(19-9)12(11)14(17)18/h8-12H,2-7H2,1H3,(H,17,18)/t9-,10+,11?,12?/m0/s1. The third-order valence-electron chi connectivity index (χ3n) is 4.94. The molecule has 0 aromatic rings. The molecule has 5 heteroatoms. The van der Waals surface area contributed by atoms with Crippen LogP contribution in [0, 0.1) is 17.8 Å². The number of rotatable bonds is 2. The highest BCUT2D eigenvalue weighted by Crippen LogP contribution is 2.44. The quantitative estimate of drug-likeness (QED) is 0.814. The molecule has 0 spiro atoms. The van der Waals surface area contributed by atoms with E-state index in [1.54, 1.807) is 0 Å². The first-order valence-electron chi connectivity index (χ1n) is 7.25. The molecule has 19 heavy (non-hydrogen) atoms. The van der Waals surface area contributed by atoms with Gasteiger partial charge >= 0.3 is 5.97 Å². The predicted molar refractivity (Wildman–Crippen MR) is 67.5 cm³/mol. The minimum atomic E-state index is -0.879. The maximum atomic E-state index is 12.6. The summed E-state index contributed by atoms with van der Waals surface area (Å²) in [7, 11) is 0. The van der Waals surface area contributed by atoms with Crippen LogP contribution in [0.25, 0.3) is 0 Å². The Labute approximate surface area is 112 Å². The van der Waals surface area contributed by atoms with Gasteiger partial charge in [-0.05, 0) is 31.6 Å². The maximum absolute atomic E-state index is 12.6. The molecule has 106 valence electrons. The molecule has 3 aliphatic heterocycles. The van der Waals surface area contributed by atoms with Crippen molar-refractivity contribution in [3.8, 4) is 0 Å². The Morgan fingerprint density at radius 1 is 1.05 bits per heavy atom. The summed E-state index contributed by atoms with van der Waals surface area (Å²) in [6.07, 6.45) is 3.23. The molecular formula is C14H21NO4. The number of amides is 1. The van der Waals surface area contributed by atoms with Crippen LogP contribution in [0.1, 0.15) is 32.6 Å². The number of nitrogens with zero attached hydrogens (tertiary/aromatic N) is 1. The van der Waals surface area contributed by atoms with E-state index < -0.39 is 17.8 Å². The molecule has 3 heterocycles. The van der Waals surface area contributed by atoms with Gasteiger partial charge in [-0.3, -0.25) is 9.59 Å². The summed E-state index contributed by atoms with van der Waals surface area (Å²) in [5.74, 6) is -1.30. The third-order valence-corrected chi connectivity index (χ3v) is 4.94. The number of ether oxygens (including phenoxy) is 1. The summed E-state index contributed by atoms with van der Waals surface area (Å²) < 4.78 is 5.66. The first-order chi connectivity index (χ1) is 9.08. The molecule has 3 saturated heterocycles. The summed E-state index contributed by atoms with van der Waals surface area (Å²) in [5, 5.41) is 9.34. The second kappa shape index (κ2) is 4.78. The van der Waals surface area contributed by atoms with E-state index in [0.29, 0.717) is 5.92 Å². The monoisotopic (exact) mass is 267 g/mol. The van der Waals surface area contributed by atoms with Gasteiger partial charge in [0.2, 0.25) is 5.91 Å². The Kier molecular flexibility index (Phi) is 3.25. The highest BCUT2D eigenvalue weighted by molar-refractivity contribution is 5.86. The van der Waals surface area contributed by atoms with E-state index in [-0.39, 0.29) is 18.1 Å². The molecule has 0 aromatic carbocycles. The lowest BCUT2D eigenvalue weighted by Gasteiger charge is -2.34. The van der Waals surface area contributed by atoms with E-state index >= 15 is 0 Å². The van der Waals surface area contributed by atoms with Gasteiger partial charge in [-0.1, -0.05) is 6.92 Å². The van der Waals surface area contributed by atoms with Crippen LogP contribution in [-0.4, -0.2) is 47.2 Å². The fraction of sp³-hybridized carbons (Fsp3) is 0.857. The van der Waals surface area contributed by atoms with Crippen molar-refractivity contribution in [3.05, 3.63) is 0 Å². The molecule has 0 saturated carbocycles. The van der Waals surface area contributed by atoms with Crippen molar-refractivity contribution in [2.24, 2.45) is 17.8 Å². The number of hydrogen-bond acceptors (Lipinski definition) is 3. The van der Waals surface area contributed by atoms with Crippen LogP contribution in [0.3, 0.4) is 0 Å². The van der Waals surface area contributed by atoms with E-state index in [0.717, 1.165) is 38.8 Å². The lowest BCUT2D eigenvalue weighted by atomic mass is 9.78. The second-order valence-electron chi connectivity index (χ2n) is 6.19. The lowest BCUT2D eigenvalue weighted by Crippen LogP contribution is -2.48. The van der Waals surface area contributed by atoms with Gasteiger partial charge < -0.3 is 14.7 Å². The smallest absolute Gasteiger partial charge is 0.310 e. The summed E-state index contributed by atoms with van der Waals surface area (Å²) in [6.45, 7) is 3.73. The Hall–Kier alpha value is -1.10. The highest BCUT2D eigenvalue weighted by Gasteiger charge is 2.56. The molecule has 4 atom stereocenters. The minimum Gasteiger partial charge on any atom is -0.481 e. The summed E-state index contributed by atoms with van der Waals surface area (Å²) in [5.41, 5.74) is 0. The van der Waals surface area contributed by atoms with Crippen molar-refractivity contribution < 1.29 is 19.4 Å². The molecule has 1 amide bonds. The maximum Gasteiger partial charge on any atom is 0.310 e. The van der Waals surface area contributed by atoms with Crippen LogP contribution in [0.2, 0.25) is 0 Å². The Bertz CT molecular complexity index is 389. The average Bonchev–Trinajstić information content (AvgIpc) is 2.98. The molecule has 2 unspecified atom stereocenters. The normalized spacial score (nSPS) is 38.7. The van der Waals surface area contributed by atoms with Gasteiger partial charge in [-0.15, -0.1) is 0 Å². The van der Waals surface area contributed by atoms with Crippen LogP contribution in [0.5, 0.6) is 0 Å². The van der Waals surface area contributed by atoms with Gasteiger partial charge in [-0.25, -0.2) is 0 Å². The summed E-state index contributed by atoms with van der Waals surface area (Å²) >= 11 is 0. The zero-order valence-electron chi connectivity index (χ0n) is 11.2. The van der Waals surface area contributed by atoms with Crippen molar-refractivity contribution in [2.75, 3.05) is 13.1 Å². The van der Waals surface area contributed by atoms with Crippen molar-refractivity contribution in [1.82, 2.24) is 4.90 Å². The van der Waals surface area contributed by atoms with Crippen molar-refractivity contribution in [1.29, 1.82) is 0 Å². The zero-order chi connectivity index (χ0) is 13.6. The van der Waals surface area contributed by atoms with E-state index in [1.807, 2.05) is 4.90 Å². The molecular weight excluding hydrogens is 246 g/mol. The van der Waals surface area contributed by atoms with Crippen LogP contribution < -0.4 is 0 Å². The summed E-state index contributed by atoms with van der Waals surface area (Å²) in [4.78, 5) is 25.8. The number of aliphatic carboxylic acids is 1. The first-order valence-corrected chi connectivity index (χ1v) is 7.25. The van der Waals surface area contributed by atoms with Gasteiger partial charge in [0.1, 0.15) is 0 Å². The average molecular weight is 267 g/mol. The number of carboxylic acids is 1. The van der Waals surface area contributed by atoms with E-state index in [2.05, 4.69) is 6.92 Å². The molecule has 5 nitrogen and oxygen atoms in total. The topological polar surface area (TPSA) is 66.8 Å². The number of carbonyl (C=O) groups excluding carboxylic acids is 1. The molecule has 3 fully saturated rings. The fourth-order valence-electron chi connectivity index (χ4n) is 3.75. The van der Waals surface area contributed by atoms with E-state index in [9.17, 15) is 14.7 Å². The SMILES string of the molecule is CC1CCN(C(=O)C2C(C(=O)O)[C@H]3CC[C@@H]2O3)CC1. The van der Waals surface area contributed by atoms with Gasteiger partial charge in [0.25, 0.3) is 0 Å². The van der Waals surface area contributed by atoms with Gasteiger partial charge in [0, 0.05) is 13.1 Å². The lowest BCUT2D eigenvalue weighted by molar-refractivity contribution is -0.151. The number of hydrogen-bond donors (Lipinski definition) is 1. The summed E-state index contributed by atoms with van der Waals surface area (Å²) in [6, 6.07) is 0. The number of fused-ring (bicyclic) bond motifs is 2. The Balaban J connectivity index is 1.73. The molecule has 0 radical (unpaired) electrons. The van der Waals surface area contributed by atoms with Gasteiger partial charge in [-0.2, -0.15) is 0 Å². The van der Waals surface area contributed by atoms with Gasteiger partial charge in [0.15, 0.2) is 0 Å². The predicted octanol–water partition coefficient (Wildman–Crippen LogP) is 1.12. The zero-order valence-corrected chi connectivity index (χ0v) is 11.2. The molecule has 1 N–H and O–H groups in total. The van der Waals surface area contributed by atoms with Crippen LogP contribution in [0.15, 0.2) is 0 Å². The van der Waals surface area contributed by atoms with E-state index in [4.69, 9.17) is 4.74 Å². The molecule has 0 aliphatic carbocycles. The molecule has 3 rings (SSSR count). The minimum absolute atomic E-state index is 0.00602. The number of likely N-dealkylation sites (tertiary alicyclic amines) is 1. The van der Waals surface area contributed by atoms with E-state index in [1.165, 1.54) is 0 Å². The van der Waals surface area contributed by atoms with Crippen molar-refractivity contribution >= 4 is 11.9 Å². The number of carboxylic acid groups (broad SMARTS) is 1. The Morgan fingerprint density at radius 3 is 2.21 bits per heavy atom. The van der Waals surface area contributed by atoms with Gasteiger partial charge in [0.05, 0.1) is 24.0 Å². The Morgan fingerprint density at radius 2 is 1.63 bits per heavy atom. The largest absolute Gasteiger partial charge is 0.481 e. The third kappa shape index (κ3) is 2.14. The van der Waals surface area contributed by atoms with Crippen LogP contribution in [0.4, 0.5) is 0 Å².